The van der Waals surface area contributed by atoms with Crippen LogP contribution in [-0.2, 0) is 0 Å². The summed E-state index contributed by atoms with van der Waals surface area (Å²) in [4.78, 5) is 13.4. The molecule has 0 atom stereocenters. The number of anilines is 3. The fourth-order valence-electron chi connectivity index (χ4n) is 3.11. The smallest absolute Gasteiger partial charge is 0.232 e. The topological polar surface area (TPSA) is 62.7 Å². The van der Waals surface area contributed by atoms with Crippen LogP contribution in [0.25, 0.3) is 0 Å². The summed E-state index contributed by atoms with van der Waals surface area (Å²) >= 11 is 0. The van der Waals surface area contributed by atoms with E-state index in [4.69, 9.17) is 0 Å². The Labute approximate surface area is 138 Å². The molecule has 1 saturated carbocycles. The first-order valence-corrected chi connectivity index (χ1v) is 8.43. The van der Waals surface area contributed by atoms with E-state index in [2.05, 4.69) is 57.6 Å². The van der Waals surface area contributed by atoms with Crippen LogP contribution in [0.15, 0.2) is 18.2 Å². The van der Waals surface area contributed by atoms with Crippen molar-refractivity contribution >= 4 is 17.6 Å². The zero-order valence-electron chi connectivity index (χ0n) is 14.2. The second kappa shape index (κ2) is 6.94. The van der Waals surface area contributed by atoms with Crippen LogP contribution < -0.4 is 10.6 Å². The minimum atomic E-state index is 0.486. The van der Waals surface area contributed by atoms with Crippen LogP contribution in [0.4, 0.5) is 17.6 Å². The van der Waals surface area contributed by atoms with Crippen LogP contribution in [0.1, 0.15) is 49.1 Å². The van der Waals surface area contributed by atoms with Crippen LogP contribution in [-0.4, -0.2) is 21.0 Å². The number of hydrogen-bond donors (Lipinski definition) is 2. The molecule has 2 aromatic rings. The van der Waals surface area contributed by atoms with Gasteiger partial charge in [0.25, 0.3) is 0 Å². The Bertz CT molecular complexity index is 677. The van der Waals surface area contributed by atoms with Crippen molar-refractivity contribution < 1.29 is 0 Å². The van der Waals surface area contributed by atoms with Gasteiger partial charge in [-0.2, -0.15) is 15.0 Å². The van der Waals surface area contributed by atoms with Gasteiger partial charge in [-0.05, 0) is 45.2 Å². The second-order valence-corrected chi connectivity index (χ2v) is 6.45. The van der Waals surface area contributed by atoms with E-state index in [1.807, 2.05) is 6.92 Å². The molecule has 5 heteroatoms. The summed E-state index contributed by atoms with van der Waals surface area (Å²) in [5.41, 5.74) is 3.47. The first kappa shape index (κ1) is 15.7. The Morgan fingerprint density at radius 2 is 1.65 bits per heavy atom. The molecule has 23 heavy (non-hydrogen) atoms. The zero-order chi connectivity index (χ0) is 16.2. The highest BCUT2D eigenvalue weighted by molar-refractivity contribution is 5.59. The third kappa shape index (κ3) is 4.18. The van der Waals surface area contributed by atoms with Gasteiger partial charge in [-0.25, -0.2) is 0 Å². The molecule has 0 radical (unpaired) electrons. The third-order valence-electron chi connectivity index (χ3n) is 4.31. The lowest BCUT2D eigenvalue weighted by atomic mass is 9.96. The van der Waals surface area contributed by atoms with E-state index < -0.39 is 0 Å². The van der Waals surface area contributed by atoms with Crippen molar-refractivity contribution in [3.63, 3.8) is 0 Å². The predicted octanol–water partition coefficient (Wildman–Crippen LogP) is 4.29. The average molecular weight is 311 g/mol. The lowest BCUT2D eigenvalue weighted by Crippen LogP contribution is -2.24. The molecule has 1 aromatic heterocycles. The molecule has 0 bridgehead atoms. The van der Waals surface area contributed by atoms with E-state index in [0.29, 0.717) is 17.9 Å². The molecule has 1 fully saturated rings. The Morgan fingerprint density at radius 3 is 2.39 bits per heavy atom. The van der Waals surface area contributed by atoms with Crippen LogP contribution >= 0.6 is 0 Å². The van der Waals surface area contributed by atoms with Gasteiger partial charge in [-0.15, -0.1) is 0 Å². The molecule has 1 aliphatic rings. The van der Waals surface area contributed by atoms with Gasteiger partial charge in [-0.3, -0.25) is 0 Å². The highest BCUT2D eigenvalue weighted by Crippen LogP contribution is 2.22. The number of aryl methyl sites for hydroxylation is 3. The number of benzene rings is 1. The summed E-state index contributed by atoms with van der Waals surface area (Å²) in [7, 11) is 0. The summed E-state index contributed by atoms with van der Waals surface area (Å²) < 4.78 is 0. The van der Waals surface area contributed by atoms with Crippen molar-refractivity contribution in [2.45, 2.75) is 58.9 Å². The van der Waals surface area contributed by atoms with Crippen molar-refractivity contribution in [1.82, 2.24) is 15.0 Å². The molecule has 0 amide bonds. The second-order valence-electron chi connectivity index (χ2n) is 6.45. The maximum Gasteiger partial charge on any atom is 0.232 e. The van der Waals surface area contributed by atoms with Gasteiger partial charge in [0.15, 0.2) is 0 Å². The normalized spacial score (nSPS) is 15.4. The number of nitrogens with zero attached hydrogens (tertiary/aromatic N) is 3. The summed E-state index contributed by atoms with van der Waals surface area (Å²) in [5, 5.41) is 6.79. The molecule has 2 N–H and O–H groups in total. The van der Waals surface area contributed by atoms with Gasteiger partial charge in [-0.1, -0.05) is 37.0 Å². The summed E-state index contributed by atoms with van der Waals surface area (Å²) in [6.45, 7) is 6.08. The highest BCUT2D eigenvalue weighted by atomic mass is 15.2. The van der Waals surface area contributed by atoms with E-state index >= 15 is 0 Å². The number of aromatic nitrogens is 3. The molecule has 5 nitrogen and oxygen atoms in total. The fourth-order valence-corrected chi connectivity index (χ4v) is 3.11. The first-order chi connectivity index (χ1) is 11.1. The third-order valence-corrected chi connectivity index (χ3v) is 4.31. The van der Waals surface area contributed by atoms with Gasteiger partial charge in [0.05, 0.1) is 0 Å². The van der Waals surface area contributed by atoms with Crippen LogP contribution in [0.2, 0.25) is 0 Å². The molecule has 0 saturated heterocycles. The maximum atomic E-state index is 4.54. The summed E-state index contributed by atoms with van der Waals surface area (Å²) in [6.07, 6.45) is 6.31. The monoisotopic (exact) mass is 311 g/mol. The van der Waals surface area contributed by atoms with E-state index in [9.17, 15) is 0 Å². The lowest BCUT2D eigenvalue weighted by Gasteiger charge is -2.22. The van der Waals surface area contributed by atoms with Crippen molar-refractivity contribution in [1.29, 1.82) is 0 Å². The van der Waals surface area contributed by atoms with Crippen molar-refractivity contribution in [3.05, 3.63) is 35.2 Å². The molecular formula is C18H25N5. The van der Waals surface area contributed by atoms with Crippen LogP contribution in [0, 0.1) is 20.8 Å². The van der Waals surface area contributed by atoms with Gasteiger partial charge >= 0.3 is 0 Å². The number of nitrogens with one attached hydrogen (secondary N) is 2. The Hall–Kier alpha value is -2.17. The van der Waals surface area contributed by atoms with Gasteiger partial charge < -0.3 is 10.6 Å². The van der Waals surface area contributed by atoms with Crippen molar-refractivity contribution in [2.24, 2.45) is 0 Å². The van der Waals surface area contributed by atoms with Crippen LogP contribution in [0.3, 0.4) is 0 Å². The largest absolute Gasteiger partial charge is 0.351 e. The maximum absolute atomic E-state index is 4.54. The van der Waals surface area contributed by atoms with E-state index in [1.165, 1.54) is 43.2 Å². The molecule has 0 spiro atoms. The molecule has 1 heterocycles. The molecule has 122 valence electrons. The average Bonchev–Trinajstić information content (AvgIpc) is 2.50. The molecular weight excluding hydrogens is 286 g/mol. The van der Waals surface area contributed by atoms with Crippen molar-refractivity contribution in [2.75, 3.05) is 10.6 Å². The van der Waals surface area contributed by atoms with E-state index in [0.717, 1.165) is 11.5 Å². The quantitative estimate of drug-likeness (QED) is 0.882. The van der Waals surface area contributed by atoms with Gasteiger partial charge in [0.1, 0.15) is 5.82 Å². The Balaban J connectivity index is 1.76. The Kier molecular flexibility index (Phi) is 4.74. The molecule has 1 aliphatic carbocycles. The predicted molar refractivity (Wildman–Crippen MR) is 94.3 cm³/mol. The van der Waals surface area contributed by atoms with Crippen molar-refractivity contribution in [3.8, 4) is 0 Å². The first-order valence-electron chi connectivity index (χ1n) is 8.43. The molecule has 1 aromatic carbocycles. The number of hydrogen-bond acceptors (Lipinski definition) is 5. The molecule has 3 rings (SSSR count). The van der Waals surface area contributed by atoms with Gasteiger partial charge in [0, 0.05) is 11.7 Å². The van der Waals surface area contributed by atoms with E-state index in [-0.39, 0.29) is 0 Å². The highest BCUT2D eigenvalue weighted by Gasteiger charge is 2.15. The minimum absolute atomic E-state index is 0.486. The fraction of sp³-hybridized carbons (Fsp3) is 0.500. The summed E-state index contributed by atoms with van der Waals surface area (Å²) in [5.74, 6) is 2.00. The zero-order valence-corrected chi connectivity index (χ0v) is 14.2. The number of rotatable bonds is 4. The lowest BCUT2D eigenvalue weighted by molar-refractivity contribution is 0.460. The summed E-state index contributed by atoms with van der Waals surface area (Å²) in [6, 6.07) is 6.79. The van der Waals surface area contributed by atoms with Crippen LogP contribution in [0.5, 0.6) is 0 Å². The SMILES string of the molecule is Cc1ccc(Nc2nc(C)nc(NC3CCCCC3)n2)c(C)c1. The standard InChI is InChI=1S/C18H25N5/c1-12-9-10-16(13(2)11-12)22-18-20-14(3)19-17(23-18)21-15-7-5-4-6-8-15/h9-11,15H,4-8H2,1-3H3,(H2,19,20,21,22,23). The van der Waals surface area contributed by atoms with Gasteiger partial charge in [0.2, 0.25) is 11.9 Å². The molecule has 0 unspecified atom stereocenters. The Morgan fingerprint density at radius 1 is 0.913 bits per heavy atom. The van der Waals surface area contributed by atoms with E-state index in [1.54, 1.807) is 0 Å². The molecule has 0 aliphatic heterocycles. The minimum Gasteiger partial charge on any atom is -0.351 e.